The molecule has 5 heteroatoms. The number of furan rings is 1. The van der Waals surface area contributed by atoms with Crippen molar-refractivity contribution in [3.8, 4) is 0 Å². The third-order valence-electron chi connectivity index (χ3n) is 3.63. The number of hydrogen-bond donors (Lipinski definition) is 2. The third kappa shape index (κ3) is 2.28. The van der Waals surface area contributed by atoms with E-state index in [1.54, 1.807) is 12.1 Å². The third-order valence-corrected chi connectivity index (χ3v) is 3.63. The van der Waals surface area contributed by atoms with Crippen molar-refractivity contribution in [1.82, 2.24) is 5.32 Å². The highest BCUT2D eigenvalue weighted by atomic mass is 16.5. The monoisotopic (exact) mass is 250 g/mol. The Kier molecular flexibility index (Phi) is 3.09. The molecule has 1 aliphatic heterocycles. The Morgan fingerprint density at radius 1 is 1.39 bits per heavy atom. The molecule has 0 aromatic carbocycles. The van der Waals surface area contributed by atoms with Gasteiger partial charge in [-0.1, -0.05) is 0 Å². The number of rotatable bonds is 4. The van der Waals surface area contributed by atoms with Gasteiger partial charge in [-0.25, -0.2) is 0 Å². The van der Waals surface area contributed by atoms with Gasteiger partial charge in [0.25, 0.3) is 5.91 Å². The van der Waals surface area contributed by atoms with E-state index in [2.05, 4.69) is 5.32 Å². The van der Waals surface area contributed by atoms with E-state index >= 15 is 0 Å². The molecule has 1 saturated carbocycles. The number of nitrogens with one attached hydrogen (secondary N) is 1. The Bertz CT molecular complexity index is 439. The fraction of sp³-hybridized carbons (Fsp3) is 0.615. The Balaban J connectivity index is 1.62. The first-order valence-corrected chi connectivity index (χ1v) is 6.49. The van der Waals surface area contributed by atoms with Crippen molar-refractivity contribution in [1.29, 1.82) is 0 Å². The van der Waals surface area contributed by atoms with Gasteiger partial charge in [0.05, 0.1) is 18.7 Å². The summed E-state index contributed by atoms with van der Waals surface area (Å²) >= 11 is 0. The van der Waals surface area contributed by atoms with E-state index in [0.29, 0.717) is 24.0 Å². The van der Waals surface area contributed by atoms with Crippen LogP contribution < -0.4 is 11.1 Å². The van der Waals surface area contributed by atoms with Crippen LogP contribution in [-0.4, -0.2) is 24.7 Å². The van der Waals surface area contributed by atoms with E-state index in [1.165, 1.54) is 12.8 Å². The van der Waals surface area contributed by atoms with E-state index in [4.69, 9.17) is 14.9 Å². The Hall–Kier alpha value is -1.33. The summed E-state index contributed by atoms with van der Waals surface area (Å²) in [5, 5.41) is 3.01. The number of hydrogen-bond acceptors (Lipinski definition) is 4. The molecule has 2 fully saturated rings. The van der Waals surface area contributed by atoms with Crippen molar-refractivity contribution in [2.75, 3.05) is 6.61 Å². The Labute approximate surface area is 106 Å². The van der Waals surface area contributed by atoms with Gasteiger partial charge in [0.15, 0.2) is 5.76 Å². The van der Waals surface area contributed by atoms with Crippen LogP contribution >= 0.6 is 0 Å². The SMILES string of the molecule is NCc1ccc(C(=O)NC2CCOC2C2CC2)o1. The van der Waals surface area contributed by atoms with Crippen LogP contribution in [0.3, 0.4) is 0 Å². The molecule has 1 saturated heterocycles. The normalized spacial score (nSPS) is 27.4. The standard InChI is InChI=1S/C13H18N2O3/c14-7-9-3-4-11(18-9)13(16)15-10-5-6-17-12(10)8-1-2-8/h3-4,8,10,12H,1-2,5-7,14H2,(H,15,16). The molecule has 2 heterocycles. The van der Waals surface area contributed by atoms with E-state index in [9.17, 15) is 4.79 Å². The second-order valence-corrected chi connectivity index (χ2v) is 5.01. The number of ether oxygens (including phenoxy) is 1. The molecule has 1 aromatic heterocycles. The lowest BCUT2D eigenvalue weighted by Crippen LogP contribution is -2.41. The molecule has 1 aromatic rings. The zero-order chi connectivity index (χ0) is 12.5. The number of carbonyl (C=O) groups excluding carboxylic acids is 1. The van der Waals surface area contributed by atoms with Crippen molar-refractivity contribution < 1.29 is 13.9 Å². The highest BCUT2D eigenvalue weighted by Crippen LogP contribution is 2.38. The zero-order valence-electron chi connectivity index (χ0n) is 10.2. The van der Waals surface area contributed by atoms with Crippen molar-refractivity contribution in [2.45, 2.75) is 38.0 Å². The summed E-state index contributed by atoms with van der Waals surface area (Å²) in [5.74, 6) is 1.42. The van der Waals surface area contributed by atoms with Crippen molar-refractivity contribution in [3.05, 3.63) is 23.7 Å². The van der Waals surface area contributed by atoms with E-state index in [0.717, 1.165) is 13.0 Å². The molecule has 18 heavy (non-hydrogen) atoms. The van der Waals surface area contributed by atoms with Gasteiger partial charge in [0.1, 0.15) is 5.76 Å². The Morgan fingerprint density at radius 2 is 2.22 bits per heavy atom. The summed E-state index contributed by atoms with van der Waals surface area (Å²) in [6.07, 6.45) is 3.51. The smallest absolute Gasteiger partial charge is 0.287 e. The molecule has 98 valence electrons. The van der Waals surface area contributed by atoms with Gasteiger partial charge in [0, 0.05) is 6.61 Å². The molecule has 0 bridgehead atoms. The minimum Gasteiger partial charge on any atom is -0.455 e. The maximum atomic E-state index is 12.0. The summed E-state index contributed by atoms with van der Waals surface area (Å²) in [6, 6.07) is 3.52. The minimum absolute atomic E-state index is 0.122. The quantitative estimate of drug-likeness (QED) is 0.837. The summed E-state index contributed by atoms with van der Waals surface area (Å²) in [5.41, 5.74) is 5.45. The van der Waals surface area contributed by atoms with Crippen molar-refractivity contribution in [3.63, 3.8) is 0 Å². The van der Waals surface area contributed by atoms with Gasteiger partial charge in [-0.05, 0) is 37.3 Å². The highest BCUT2D eigenvalue weighted by molar-refractivity contribution is 5.91. The van der Waals surface area contributed by atoms with Crippen LogP contribution in [-0.2, 0) is 11.3 Å². The van der Waals surface area contributed by atoms with Crippen LogP contribution in [0.25, 0.3) is 0 Å². The van der Waals surface area contributed by atoms with Crippen LogP contribution in [0.4, 0.5) is 0 Å². The van der Waals surface area contributed by atoms with Gasteiger partial charge in [-0.3, -0.25) is 4.79 Å². The van der Waals surface area contributed by atoms with Crippen molar-refractivity contribution >= 4 is 5.91 Å². The summed E-state index contributed by atoms with van der Waals surface area (Å²) in [4.78, 5) is 12.0. The minimum atomic E-state index is -0.171. The molecular weight excluding hydrogens is 232 g/mol. The predicted molar refractivity (Wildman–Crippen MR) is 64.9 cm³/mol. The van der Waals surface area contributed by atoms with Crippen LogP contribution in [0.5, 0.6) is 0 Å². The zero-order valence-corrected chi connectivity index (χ0v) is 10.2. The number of nitrogens with two attached hydrogens (primary N) is 1. The molecule has 2 atom stereocenters. The van der Waals surface area contributed by atoms with Gasteiger partial charge in [-0.15, -0.1) is 0 Å². The average Bonchev–Trinajstić information content (AvgIpc) is 2.93. The van der Waals surface area contributed by atoms with Gasteiger partial charge >= 0.3 is 0 Å². The lowest BCUT2D eigenvalue weighted by molar-refractivity contribution is 0.0716. The molecule has 1 amide bonds. The van der Waals surface area contributed by atoms with Gasteiger partial charge in [-0.2, -0.15) is 0 Å². The van der Waals surface area contributed by atoms with Crippen LogP contribution in [0.15, 0.2) is 16.5 Å². The second-order valence-electron chi connectivity index (χ2n) is 5.01. The molecular formula is C13H18N2O3. The Morgan fingerprint density at radius 3 is 2.89 bits per heavy atom. The molecule has 2 aliphatic rings. The van der Waals surface area contributed by atoms with E-state index in [-0.39, 0.29) is 18.1 Å². The number of carbonyl (C=O) groups is 1. The maximum Gasteiger partial charge on any atom is 0.287 e. The first kappa shape index (κ1) is 11.7. The van der Waals surface area contributed by atoms with E-state index < -0.39 is 0 Å². The second kappa shape index (κ2) is 4.74. The molecule has 5 nitrogen and oxygen atoms in total. The summed E-state index contributed by atoms with van der Waals surface area (Å²) < 4.78 is 11.0. The first-order valence-electron chi connectivity index (χ1n) is 6.49. The topological polar surface area (TPSA) is 77.5 Å². The maximum absolute atomic E-state index is 12.0. The highest BCUT2D eigenvalue weighted by Gasteiger charge is 2.41. The van der Waals surface area contributed by atoms with Gasteiger partial charge < -0.3 is 20.2 Å². The first-order chi connectivity index (χ1) is 8.78. The van der Waals surface area contributed by atoms with E-state index in [1.807, 2.05) is 0 Å². The summed E-state index contributed by atoms with van der Waals surface area (Å²) in [7, 11) is 0. The molecule has 0 spiro atoms. The molecule has 2 unspecified atom stereocenters. The number of amides is 1. The van der Waals surface area contributed by atoms with Gasteiger partial charge in [0.2, 0.25) is 0 Å². The lowest BCUT2D eigenvalue weighted by atomic mass is 10.1. The molecule has 3 N–H and O–H groups in total. The lowest BCUT2D eigenvalue weighted by Gasteiger charge is -2.18. The van der Waals surface area contributed by atoms with Crippen molar-refractivity contribution in [2.24, 2.45) is 11.7 Å². The fourth-order valence-electron chi connectivity index (χ4n) is 2.50. The summed E-state index contributed by atoms with van der Waals surface area (Å²) in [6.45, 7) is 1.04. The fourth-order valence-corrected chi connectivity index (χ4v) is 2.50. The molecule has 3 rings (SSSR count). The van der Waals surface area contributed by atoms with Crippen LogP contribution in [0.2, 0.25) is 0 Å². The van der Waals surface area contributed by atoms with Crippen LogP contribution in [0, 0.1) is 5.92 Å². The largest absolute Gasteiger partial charge is 0.455 e. The van der Waals surface area contributed by atoms with Crippen LogP contribution in [0.1, 0.15) is 35.6 Å². The predicted octanol–water partition coefficient (Wildman–Crippen LogP) is 1.04. The molecule has 0 radical (unpaired) electrons. The molecule has 1 aliphatic carbocycles. The average molecular weight is 250 g/mol.